The van der Waals surface area contributed by atoms with E-state index in [0.29, 0.717) is 6.61 Å². The van der Waals surface area contributed by atoms with E-state index in [1.807, 2.05) is 0 Å². The van der Waals surface area contributed by atoms with Gasteiger partial charge in [0.2, 0.25) is 10.0 Å². The molecule has 0 aromatic heterocycles. The molecule has 8 heteroatoms. The molecule has 0 atom stereocenters. The van der Waals surface area contributed by atoms with E-state index in [0.717, 1.165) is 38.1 Å². The van der Waals surface area contributed by atoms with Gasteiger partial charge in [0.15, 0.2) is 0 Å². The largest absolute Gasteiger partial charge is 0.377 e. The first kappa shape index (κ1) is 16.8. The number of nitrogens with one attached hydrogen (secondary N) is 2. The van der Waals surface area contributed by atoms with Gasteiger partial charge in [-0.3, -0.25) is 0 Å². The molecule has 2 N–H and O–H groups in total. The lowest BCUT2D eigenvalue weighted by atomic mass is 10.1. The maximum Gasteiger partial charge on any atom is 0.241 e. The molecule has 0 radical (unpaired) electrons. The lowest BCUT2D eigenvalue weighted by Gasteiger charge is -2.22. The molecule has 1 aliphatic heterocycles. The molecule has 0 saturated carbocycles. The molecule has 1 heterocycles. The molecular weight excluding hydrogens is 363 g/mol. The fourth-order valence-corrected chi connectivity index (χ4v) is 4.20. The molecule has 1 aliphatic rings. The van der Waals surface area contributed by atoms with Gasteiger partial charge in [0.25, 0.3) is 0 Å². The minimum atomic E-state index is -3.67. The SMILES string of the molecule is O=S(=O)(NCCOC1CCNCC1)c1ccc(F)cc1Br. The lowest BCUT2D eigenvalue weighted by molar-refractivity contribution is 0.0367. The van der Waals surface area contributed by atoms with E-state index in [1.54, 1.807) is 0 Å². The third-order valence-electron chi connectivity index (χ3n) is 3.22. The minimum Gasteiger partial charge on any atom is -0.377 e. The minimum absolute atomic E-state index is 0.0192. The first-order valence-electron chi connectivity index (χ1n) is 6.76. The summed E-state index contributed by atoms with van der Waals surface area (Å²) in [5, 5.41) is 3.23. The third-order valence-corrected chi connectivity index (χ3v) is 5.66. The van der Waals surface area contributed by atoms with Crippen molar-refractivity contribution in [1.82, 2.24) is 10.0 Å². The highest BCUT2D eigenvalue weighted by molar-refractivity contribution is 9.10. The molecule has 2 rings (SSSR count). The second-order valence-corrected chi connectivity index (χ2v) is 7.38. The van der Waals surface area contributed by atoms with Crippen molar-refractivity contribution in [2.24, 2.45) is 0 Å². The summed E-state index contributed by atoms with van der Waals surface area (Å²) in [7, 11) is -3.67. The number of hydrogen-bond acceptors (Lipinski definition) is 4. The average Bonchev–Trinajstić information content (AvgIpc) is 2.44. The summed E-state index contributed by atoms with van der Waals surface area (Å²) in [4.78, 5) is 0.0192. The second-order valence-electron chi connectivity index (χ2n) is 4.79. The van der Waals surface area contributed by atoms with Crippen LogP contribution in [-0.2, 0) is 14.8 Å². The lowest BCUT2D eigenvalue weighted by Crippen LogP contribution is -2.34. The number of hydrogen-bond donors (Lipinski definition) is 2. The van der Waals surface area contributed by atoms with Crippen molar-refractivity contribution in [2.45, 2.75) is 23.8 Å². The quantitative estimate of drug-likeness (QED) is 0.736. The van der Waals surface area contributed by atoms with E-state index in [4.69, 9.17) is 4.74 Å². The molecule has 0 unspecified atom stereocenters. The molecule has 1 aromatic rings. The second kappa shape index (κ2) is 7.64. The third kappa shape index (κ3) is 5.00. The molecule has 0 amide bonds. The van der Waals surface area contributed by atoms with Gasteiger partial charge < -0.3 is 10.1 Å². The molecule has 1 saturated heterocycles. The summed E-state index contributed by atoms with van der Waals surface area (Å²) in [5.41, 5.74) is 0. The number of rotatable bonds is 6. The van der Waals surface area contributed by atoms with Crippen molar-refractivity contribution in [3.05, 3.63) is 28.5 Å². The van der Waals surface area contributed by atoms with Gasteiger partial charge >= 0.3 is 0 Å². The maximum absolute atomic E-state index is 13.0. The van der Waals surface area contributed by atoms with E-state index in [2.05, 4.69) is 26.0 Å². The Morgan fingerprint density at radius 2 is 2.10 bits per heavy atom. The zero-order valence-corrected chi connectivity index (χ0v) is 13.8. The van der Waals surface area contributed by atoms with E-state index in [1.165, 1.54) is 6.07 Å². The number of halogens is 2. The summed E-state index contributed by atoms with van der Waals surface area (Å²) in [6, 6.07) is 3.47. The van der Waals surface area contributed by atoms with Crippen molar-refractivity contribution in [2.75, 3.05) is 26.2 Å². The molecular formula is C13H18BrFN2O3S. The van der Waals surface area contributed by atoms with Crippen molar-refractivity contribution in [3.63, 3.8) is 0 Å². The standard InChI is InChI=1S/C13H18BrFN2O3S/c14-12-9-10(15)1-2-13(12)21(18,19)17-7-8-20-11-3-5-16-6-4-11/h1-2,9,11,16-17H,3-8H2. The molecule has 1 aromatic carbocycles. The van der Waals surface area contributed by atoms with Gasteiger partial charge in [-0.05, 0) is 60.1 Å². The van der Waals surface area contributed by atoms with Crippen molar-refractivity contribution < 1.29 is 17.5 Å². The summed E-state index contributed by atoms with van der Waals surface area (Å²) >= 11 is 3.06. The van der Waals surface area contributed by atoms with E-state index in [-0.39, 0.29) is 22.0 Å². The zero-order chi connectivity index (χ0) is 15.3. The highest BCUT2D eigenvalue weighted by Crippen LogP contribution is 2.22. The van der Waals surface area contributed by atoms with Crippen LogP contribution in [0.5, 0.6) is 0 Å². The fraction of sp³-hybridized carbons (Fsp3) is 0.538. The Bertz CT molecular complexity index is 577. The Hall–Kier alpha value is -0.540. The Morgan fingerprint density at radius 3 is 2.76 bits per heavy atom. The van der Waals surface area contributed by atoms with Crippen LogP contribution in [0.4, 0.5) is 4.39 Å². The number of ether oxygens (including phenoxy) is 1. The molecule has 118 valence electrons. The van der Waals surface area contributed by atoms with Gasteiger partial charge in [-0.15, -0.1) is 0 Å². The molecule has 5 nitrogen and oxygen atoms in total. The maximum atomic E-state index is 13.0. The summed E-state index contributed by atoms with van der Waals surface area (Å²) in [6.45, 7) is 2.37. The highest BCUT2D eigenvalue weighted by atomic mass is 79.9. The molecule has 0 aliphatic carbocycles. The van der Waals surface area contributed by atoms with Crippen LogP contribution in [0.2, 0.25) is 0 Å². The Kier molecular flexibility index (Phi) is 6.12. The molecule has 1 fully saturated rings. The number of benzene rings is 1. The summed E-state index contributed by atoms with van der Waals surface area (Å²) < 4.78 is 45.4. The Balaban J connectivity index is 1.83. The first-order valence-corrected chi connectivity index (χ1v) is 9.04. The van der Waals surface area contributed by atoms with E-state index >= 15 is 0 Å². The van der Waals surface area contributed by atoms with Crippen LogP contribution in [0.3, 0.4) is 0 Å². The Labute approximate surface area is 132 Å². The van der Waals surface area contributed by atoms with Crippen molar-refractivity contribution >= 4 is 26.0 Å². The van der Waals surface area contributed by atoms with Gasteiger partial charge in [0.1, 0.15) is 5.82 Å². The van der Waals surface area contributed by atoms with Gasteiger partial charge in [0.05, 0.1) is 17.6 Å². The van der Waals surface area contributed by atoms with Gasteiger partial charge in [-0.2, -0.15) is 0 Å². The predicted molar refractivity (Wildman–Crippen MR) is 81.1 cm³/mol. The van der Waals surface area contributed by atoms with Crippen LogP contribution >= 0.6 is 15.9 Å². The topological polar surface area (TPSA) is 67.4 Å². The van der Waals surface area contributed by atoms with Gasteiger partial charge in [-0.1, -0.05) is 0 Å². The summed E-state index contributed by atoms with van der Waals surface area (Å²) in [5.74, 6) is -0.491. The fourth-order valence-electron chi connectivity index (χ4n) is 2.13. The monoisotopic (exact) mass is 380 g/mol. The average molecular weight is 381 g/mol. The van der Waals surface area contributed by atoms with Crippen LogP contribution in [0, 0.1) is 5.82 Å². The normalized spacial score (nSPS) is 17.0. The highest BCUT2D eigenvalue weighted by Gasteiger charge is 2.18. The van der Waals surface area contributed by atoms with Crippen molar-refractivity contribution in [1.29, 1.82) is 0 Å². The van der Waals surface area contributed by atoms with Crippen LogP contribution in [-0.4, -0.2) is 40.8 Å². The summed E-state index contributed by atoms with van der Waals surface area (Å²) in [6.07, 6.45) is 2.07. The van der Waals surface area contributed by atoms with Crippen LogP contribution in [0.15, 0.2) is 27.6 Å². The van der Waals surface area contributed by atoms with Crippen molar-refractivity contribution in [3.8, 4) is 0 Å². The first-order chi connectivity index (χ1) is 9.99. The van der Waals surface area contributed by atoms with E-state index in [9.17, 15) is 12.8 Å². The Morgan fingerprint density at radius 1 is 1.38 bits per heavy atom. The number of piperidine rings is 1. The molecule has 0 bridgehead atoms. The van der Waals surface area contributed by atoms with Crippen LogP contribution in [0.1, 0.15) is 12.8 Å². The van der Waals surface area contributed by atoms with Crippen LogP contribution in [0.25, 0.3) is 0 Å². The molecule has 0 spiro atoms. The predicted octanol–water partition coefficient (Wildman–Crippen LogP) is 1.64. The smallest absolute Gasteiger partial charge is 0.241 e. The molecule has 21 heavy (non-hydrogen) atoms. The zero-order valence-electron chi connectivity index (χ0n) is 11.4. The number of sulfonamides is 1. The van der Waals surface area contributed by atoms with Gasteiger partial charge in [0, 0.05) is 11.0 Å². The van der Waals surface area contributed by atoms with Crippen LogP contribution < -0.4 is 10.0 Å². The van der Waals surface area contributed by atoms with Gasteiger partial charge in [-0.25, -0.2) is 17.5 Å². The van der Waals surface area contributed by atoms with E-state index < -0.39 is 15.8 Å².